The predicted octanol–water partition coefficient (Wildman–Crippen LogP) is 4.80. The maximum absolute atomic E-state index is 13.3. The average molecular weight is 445 g/mol. The Labute approximate surface area is 192 Å². The number of hydrogen-bond donors (Lipinski definition) is 1. The molecule has 3 saturated carbocycles. The van der Waals surface area contributed by atoms with Crippen molar-refractivity contribution in [3.05, 3.63) is 11.6 Å². The maximum Gasteiger partial charge on any atom is 0.306 e. The Kier molecular flexibility index (Phi) is 6.19. The van der Waals surface area contributed by atoms with E-state index in [1.807, 2.05) is 13.8 Å². The minimum absolute atomic E-state index is 0.0609. The van der Waals surface area contributed by atoms with E-state index in [2.05, 4.69) is 19.9 Å². The van der Waals surface area contributed by atoms with Crippen molar-refractivity contribution in [1.29, 1.82) is 0 Å². The highest BCUT2D eigenvalue weighted by Gasteiger charge is 2.70. The second-order valence-electron chi connectivity index (χ2n) is 11.5. The van der Waals surface area contributed by atoms with Crippen LogP contribution in [0, 0.1) is 34.5 Å². The highest BCUT2D eigenvalue weighted by molar-refractivity contribution is 5.92. The molecule has 4 aliphatic rings. The monoisotopic (exact) mass is 444 g/mol. The summed E-state index contributed by atoms with van der Waals surface area (Å²) in [6, 6.07) is 0. The fourth-order valence-electron chi connectivity index (χ4n) is 8.18. The molecule has 0 heterocycles. The minimum atomic E-state index is -1.26. The van der Waals surface area contributed by atoms with Gasteiger partial charge in [-0.2, -0.15) is 0 Å². The van der Waals surface area contributed by atoms with E-state index in [1.165, 1.54) is 5.57 Å². The van der Waals surface area contributed by atoms with Gasteiger partial charge in [0, 0.05) is 30.6 Å². The summed E-state index contributed by atoms with van der Waals surface area (Å²) in [4.78, 5) is 38.3. The van der Waals surface area contributed by atoms with Crippen LogP contribution in [0.15, 0.2) is 11.6 Å². The van der Waals surface area contributed by atoms with E-state index in [1.54, 1.807) is 0 Å². The fraction of sp³-hybridized carbons (Fsp3) is 0.815. The number of ether oxygens (including phenoxy) is 1. The van der Waals surface area contributed by atoms with Gasteiger partial charge >= 0.3 is 5.97 Å². The molecule has 5 heteroatoms. The number of aliphatic hydroxyl groups excluding tert-OH is 1. The molecule has 0 radical (unpaired) electrons. The Bertz CT molecular complexity index is 830. The highest BCUT2D eigenvalue weighted by atomic mass is 16.6. The lowest BCUT2D eigenvalue weighted by Gasteiger charge is -2.57. The average Bonchev–Trinajstić information content (AvgIpc) is 2.99. The Morgan fingerprint density at radius 2 is 2.00 bits per heavy atom. The van der Waals surface area contributed by atoms with E-state index in [-0.39, 0.29) is 29.0 Å². The molecule has 5 nitrogen and oxygen atoms in total. The van der Waals surface area contributed by atoms with Crippen LogP contribution >= 0.6 is 0 Å². The normalized spacial score (nSPS) is 43.0. The zero-order valence-electron chi connectivity index (χ0n) is 20.2. The van der Waals surface area contributed by atoms with E-state index in [0.29, 0.717) is 43.3 Å². The van der Waals surface area contributed by atoms with Crippen LogP contribution in [-0.2, 0) is 19.1 Å². The van der Waals surface area contributed by atoms with E-state index >= 15 is 0 Å². The van der Waals surface area contributed by atoms with E-state index < -0.39 is 17.6 Å². The molecular formula is C27H40O5. The van der Waals surface area contributed by atoms with Crippen molar-refractivity contribution in [2.75, 3.05) is 6.61 Å². The molecule has 178 valence electrons. The van der Waals surface area contributed by atoms with Crippen molar-refractivity contribution in [3.63, 3.8) is 0 Å². The van der Waals surface area contributed by atoms with Gasteiger partial charge in [0.2, 0.25) is 5.78 Å². The largest absolute Gasteiger partial charge is 0.450 e. The van der Waals surface area contributed by atoms with Gasteiger partial charge in [-0.25, -0.2) is 0 Å². The Morgan fingerprint density at radius 3 is 2.69 bits per heavy atom. The van der Waals surface area contributed by atoms with Crippen LogP contribution in [0.5, 0.6) is 0 Å². The molecular weight excluding hydrogens is 404 g/mol. The van der Waals surface area contributed by atoms with Gasteiger partial charge in [-0.15, -0.1) is 0 Å². The van der Waals surface area contributed by atoms with Crippen molar-refractivity contribution in [1.82, 2.24) is 0 Å². The number of ketones is 2. The molecule has 3 fully saturated rings. The van der Waals surface area contributed by atoms with Gasteiger partial charge in [-0.1, -0.05) is 45.8 Å². The van der Waals surface area contributed by atoms with E-state index in [9.17, 15) is 19.5 Å². The van der Waals surface area contributed by atoms with Crippen LogP contribution in [0.25, 0.3) is 0 Å². The van der Waals surface area contributed by atoms with Crippen molar-refractivity contribution in [2.24, 2.45) is 34.5 Å². The van der Waals surface area contributed by atoms with Crippen LogP contribution < -0.4 is 0 Å². The Hall–Kier alpha value is -1.49. The predicted molar refractivity (Wildman–Crippen MR) is 122 cm³/mol. The maximum atomic E-state index is 13.3. The molecule has 1 N–H and O–H groups in total. The zero-order chi connectivity index (χ0) is 23.3. The first-order chi connectivity index (χ1) is 15.1. The van der Waals surface area contributed by atoms with E-state index in [4.69, 9.17) is 4.74 Å². The SMILES string of the molecule is CCCCC(=O)O[C@@]1(C(=O)CO)[C@H](C)C[C@H]2[C@@H]3CC[C@H]4CC(=O)CC[C@]4(C)C3=CC[C@@]21C. The number of carbonyl (C=O) groups is 3. The second-order valence-corrected chi connectivity index (χ2v) is 11.5. The molecule has 32 heavy (non-hydrogen) atoms. The van der Waals surface area contributed by atoms with Gasteiger partial charge in [-0.05, 0) is 61.7 Å². The molecule has 0 aromatic rings. The van der Waals surface area contributed by atoms with Crippen LogP contribution in [0.1, 0.15) is 91.9 Å². The van der Waals surface area contributed by atoms with Crippen molar-refractivity contribution in [2.45, 2.75) is 97.5 Å². The number of esters is 1. The van der Waals surface area contributed by atoms with Crippen molar-refractivity contribution in [3.8, 4) is 0 Å². The van der Waals surface area contributed by atoms with Gasteiger partial charge in [-0.3, -0.25) is 14.4 Å². The highest BCUT2D eigenvalue weighted by Crippen LogP contribution is 2.68. The molecule has 0 aromatic carbocycles. The van der Waals surface area contributed by atoms with Crippen LogP contribution in [0.4, 0.5) is 0 Å². The third-order valence-corrected chi connectivity index (χ3v) is 9.95. The number of hydrogen-bond acceptors (Lipinski definition) is 5. The Morgan fingerprint density at radius 1 is 1.25 bits per heavy atom. The van der Waals surface area contributed by atoms with Crippen LogP contribution in [-0.4, -0.2) is 34.9 Å². The van der Waals surface area contributed by atoms with Gasteiger partial charge in [0.1, 0.15) is 12.4 Å². The molecule has 0 bridgehead atoms. The van der Waals surface area contributed by atoms with Gasteiger partial charge in [0.05, 0.1) is 0 Å². The summed E-state index contributed by atoms with van der Waals surface area (Å²) in [7, 11) is 0. The summed E-state index contributed by atoms with van der Waals surface area (Å²) in [5.41, 5.74) is -0.235. The van der Waals surface area contributed by atoms with E-state index in [0.717, 1.165) is 38.5 Å². The van der Waals surface area contributed by atoms with Gasteiger partial charge in [0.15, 0.2) is 5.60 Å². The smallest absolute Gasteiger partial charge is 0.306 e. The summed E-state index contributed by atoms with van der Waals surface area (Å²) in [5, 5.41) is 9.94. The number of Topliss-reactive ketones (excluding diaryl/α,β-unsaturated/α-hetero) is 2. The number of carbonyl (C=O) groups excluding carboxylic acids is 3. The van der Waals surface area contributed by atoms with Gasteiger partial charge in [0.25, 0.3) is 0 Å². The number of aliphatic hydroxyl groups is 1. The molecule has 0 aliphatic heterocycles. The standard InChI is InChI=1S/C27H40O5/c1-5-6-7-24(31)32-27(23(30)16-28)17(2)14-22-20-9-8-18-15-19(29)10-12-25(18,3)21(20)11-13-26(22,27)4/h11,17-18,20,22,28H,5-10,12-16H2,1-4H3/t17-,18+,20-,22+,25+,26+,27-/m1/s1. The van der Waals surface area contributed by atoms with Gasteiger partial charge < -0.3 is 9.84 Å². The molecule has 4 rings (SSSR count). The second kappa shape index (κ2) is 8.38. The molecule has 0 aromatic heterocycles. The zero-order valence-corrected chi connectivity index (χ0v) is 20.2. The molecule has 0 unspecified atom stereocenters. The lowest BCUT2D eigenvalue weighted by Crippen LogP contribution is -2.60. The summed E-state index contributed by atoms with van der Waals surface area (Å²) in [5.74, 6) is 0.613. The summed E-state index contributed by atoms with van der Waals surface area (Å²) in [6.07, 6.45) is 10.1. The van der Waals surface area contributed by atoms with Crippen LogP contribution in [0.3, 0.4) is 0 Å². The quantitative estimate of drug-likeness (QED) is 0.470. The molecule has 4 aliphatic carbocycles. The number of rotatable bonds is 6. The molecule has 0 spiro atoms. The lowest BCUT2D eigenvalue weighted by molar-refractivity contribution is -0.191. The molecule has 0 saturated heterocycles. The van der Waals surface area contributed by atoms with Crippen molar-refractivity contribution < 1.29 is 24.2 Å². The topological polar surface area (TPSA) is 80.7 Å². The minimum Gasteiger partial charge on any atom is -0.450 e. The molecule has 7 atom stereocenters. The van der Waals surface area contributed by atoms with Crippen LogP contribution in [0.2, 0.25) is 0 Å². The molecule has 0 amide bonds. The summed E-state index contributed by atoms with van der Waals surface area (Å²) < 4.78 is 6.14. The number of fused-ring (bicyclic) bond motifs is 5. The third-order valence-electron chi connectivity index (χ3n) is 9.95. The summed E-state index contributed by atoms with van der Waals surface area (Å²) in [6.45, 7) is 7.92. The number of allylic oxidation sites excluding steroid dienone is 2. The lowest BCUT2D eigenvalue weighted by atomic mass is 9.48. The first kappa shape index (κ1) is 23.7. The summed E-state index contributed by atoms with van der Waals surface area (Å²) >= 11 is 0. The third kappa shape index (κ3) is 3.25. The first-order valence-corrected chi connectivity index (χ1v) is 12.7. The van der Waals surface area contributed by atoms with Crippen molar-refractivity contribution >= 4 is 17.5 Å². The Balaban J connectivity index is 1.72. The fourth-order valence-corrected chi connectivity index (χ4v) is 8.18. The number of unbranched alkanes of at least 4 members (excludes halogenated alkanes) is 1. The first-order valence-electron chi connectivity index (χ1n) is 12.7.